The lowest BCUT2D eigenvalue weighted by Crippen LogP contribution is -2.69. The van der Waals surface area contributed by atoms with Gasteiger partial charge in [0.15, 0.2) is 8.07 Å². The Balaban J connectivity index is 0.000000220. The Kier molecular flexibility index (Phi) is 10.4. The summed E-state index contributed by atoms with van der Waals surface area (Å²) in [4.78, 5) is 4.29. The van der Waals surface area contributed by atoms with Crippen molar-refractivity contribution in [3.8, 4) is 0 Å². The smallest absolute Gasteiger partial charge is 0.206 e. The molecule has 0 spiro atoms. The van der Waals surface area contributed by atoms with Crippen LogP contribution in [0.1, 0.15) is 11.1 Å². The van der Waals surface area contributed by atoms with Crippen LogP contribution in [0.5, 0.6) is 0 Å². The molecule has 6 rings (SSSR count). The summed E-state index contributed by atoms with van der Waals surface area (Å²) in [5.41, 5.74) is 4.86. The number of hydrogen-bond acceptors (Lipinski definition) is 3. The summed E-state index contributed by atoms with van der Waals surface area (Å²) in [6.07, 6.45) is 6.66. The fourth-order valence-electron chi connectivity index (χ4n) is 5.52. The molecule has 0 unspecified atom stereocenters. The van der Waals surface area contributed by atoms with E-state index >= 15 is 0 Å². The lowest BCUT2D eigenvalue weighted by Gasteiger charge is -2.34. The van der Waals surface area contributed by atoms with Gasteiger partial charge in [0, 0.05) is 29.3 Å². The molecule has 0 radical (unpaired) electrons. The third-order valence-corrected chi connectivity index (χ3v) is 13.3. The quantitative estimate of drug-likeness (QED) is 0.128. The van der Waals surface area contributed by atoms with E-state index in [0.29, 0.717) is 6.71 Å². The van der Waals surface area contributed by atoms with Gasteiger partial charge in [-0.3, -0.25) is 0 Å². The number of thiocarbonyl (C=S) groups is 2. The Morgan fingerprint density at radius 3 is 1.42 bits per heavy atom. The molecule has 0 saturated carbocycles. The van der Waals surface area contributed by atoms with Gasteiger partial charge in [-0.1, -0.05) is 182 Å². The van der Waals surface area contributed by atoms with Crippen molar-refractivity contribution in [2.75, 3.05) is 0 Å². The predicted molar refractivity (Wildman–Crippen MR) is 195 cm³/mol. The van der Waals surface area contributed by atoms with E-state index in [1.807, 2.05) is 18.7 Å². The topological polar surface area (TPSA) is 17.8 Å². The summed E-state index contributed by atoms with van der Waals surface area (Å²) in [5, 5.41) is 7.49. The van der Waals surface area contributed by atoms with Gasteiger partial charge in [0.25, 0.3) is 0 Å². The van der Waals surface area contributed by atoms with E-state index in [9.17, 15) is 0 Å². The Hall–Kier alpha value is -4.23. The van der Waals surface area contributed by atoms with Crippen molar-refractivity contribution in [3.05, 3.63) is 169 Å². The summed E-state index contributed by atoms with van der Waals surface area (Å²) in [7, 11) is -2.37. The lowest BCUT2D eigenvalue weighted by atomic mass is 9.43. The number of aromatic nitrogens is 2. The van der Waals surface area contributed by atoms with Crippen molar-refractivity contribution >= 4 is 76.4 Å². The van der Waals surface area contributed by atoms with E-state index in [4.69, 9.17) is 24.4 Å². The summed E-state index contributed by atoms with van der Waals surface area (Å²) < 4.78 is 2.19. The van der Waals surface area contributed by atoms with Crippen molar-refractivity contribution in [3.63, 3.8) is 0 Å². The van der Waals surface area contributed by atoms with Crippen LogP contribution in [-0.2, 0) is 6.17 Å². The van der Waals surface area contributed by atoms with Crippen LogP contribution in [0.3, 0.4) is 0 Å². The molecule has 2 nitrogen and oxygen atoms in total. The van der Waals surface area contributed by atoms with E-state index in [0.717, 1.165) is 17.3 Å². The molecule has 43 heavy (non-hydrogen) atoms. The van der Waals surface area contributed by atoms with Gasteiger partial charge in [0.1, 0.15) is 0 Å². The Labute approximate surface area is 267 Å². The van der Waals surface area contributed by atoms with Crippen LogP contribution in [0.15, 0.2) is 158 Å². The predicted octanol–water partition coefficient (Wildman–Crippen LogP) is 5.21. The van der Waals surface area contributed by atoms with Crippen molar-refractivity contribution < 1.29 is 0 Å². The fourth-order valence-corrected chi connectivity index (χ4v) is 10.3. The molecule has 210 valence electrons. The van der Waals surface area contributed by atoms with Crippen LogP contribution >= 0.6 is 24.4 Å². The molecule has 0 fully saturated rings. The van der Waals surface area contributed by atoms with E-state index < -0.39 is 8.07 Å². The Bertz CT molecular complexity index is 1620. The van der Waals surface area contributed by atoms with E-state index in [1.54, 1.807) is 10.7 Å². The summed E-state index contributed by atoms with van der Waals surface area (Å²) in [5.74, 6) is 0. The first-order valence-electron chi connectivity index (χ1n) is 14.4. The normalized spacial score (nSPS) is 10.7. The SMILES string of the molecule is CB(c1ccccc1)c1ccccc1.S=Cc1ccc([Si](Cn2ccnc2)(c2ccccc2)c2ccc(C=S)cc2)cc1. The minimum absolute atomic E-state index is 0.484. The maximum absolute atomic E-state index is 5.12. The molecule has 0 aliphatic heterocycles. The van der Waals surface area contributed by atoms with E-state index in [2.05, 4.69) is 156 Å². The zero-order chi connectivity index (χ0) is 29.9. The minimum atomic E-state index is -2.37. The maximum Gasteiger partial charge on any atom is 0.206 e. The van der Waals surface area contributed by atoms with Crippen LogP contribution < -0.4 is 26.5 Å². The van der Waals surface area contributed by atoms with Crippen LogP contribution in [0.2, 0.25) is 6.82 Å². The van der Waals surface area contributed by atoms with Crippen molar-refractivity contribution in [1.29, 1.82) is 0 Å². The van der Waals surface area contributed by atoms with Crippen LogP contribution in [0, 0.1) is 0 Å². The molecular formula is C37H33BN2S2Si. The summed E-state index contributed by atoms with van der Waals surface area (Å²) in [6.45, 7) is 2.72. The standard InChI is InChI=1S/C24H20N2S2Si.C13H13B/c27-16-20-6-10-23(11-7-20)29(19-26-15-14-25-18-26,22-4-2-1-3-5-22)24-12-8-21(17-28)9-13-24;1-14(12-8-4-2-5-9-12)13-10-6-3-7-11-13/h1-18H,19H2;2-11H,1H3. The fraction of sp³-hybridized carbons (Fsp3) is 0.0541. The Morgan fingerprint density at radius 1 is 0.605 bits per heavy atom. The summed E-state index contributed by atoms with van der Waals surface area (Å²) in [6, 6.07) is 49.4. The van der Waals surface area contributed by atoms with Gasteiger partial charge < -0.3 is 4.57 Å². The molecule has 0 amide bonds. The highest BCUT2D eigenvalue weighted by Crippen LogP contribution is 2.12. The first-order chi connectivity index (χ1) is 21.1. The van der Waals surface area contributed by atoms with Gasteiger partial charge in [-0.05, 0) is 26.7 Å². The molecule has 0 saturated heterocycles. The number of benzene rings is 5. The lowest BCUT2D eigenvalue weighted by molar-refractivity contribution is 0.862. The highest BCUT2D eigenvalue weighted by Gasteiger charge is 2.39. The number of imidazole rings is 1. The molecule has 0 N–H and O–H groups in total. The van der Waals surface area contributed by atoms with Crippen LogP contribution in [-0.4, -0.2) is 35.1 Å². The zero-order valence-corrected chi connectivity index (χ0v) is 26.8. The number of nitrogens with zero attached hydrogens (tertiary/aromatic N) is 2. The second-order valence-corrected chi connectivity index (χ2v) is 14.9. The molecule has 0 aliphatic carbocycles. The minimum Gasteiger partial charge on any atom is -0.339 e. The average Bonchev–Trinajstić information content (AvgIpc) is 3.62. The van der Waals surface area contributed by atoms with Gasteiger partial charge in [0.05, 0.1) is 6.33 Å². The monoisotopic (exact) mass is 608 g/mol. The molecule has 5 aromatic carbocycles. The average molecular weight is 609 g/mol. The highest BCUT2D eigenvalue weighted by molar-refractivity contribution is 7.79. The second-order valence-electron chi connectivity index (χ2n) is 10.5. The van der Waals surface area contributed by atoms with Gasteiger partial charge in [-0.2, -0.15) is 0 Å². The molecule has 1 aromatic heterocycles. The zero-order valence-electron chi connectivity index (χ0n) is 24.2. The van der Waals surface area contributed by atoms with Crippen molar-refractivity contribution in [1.82, 2.24) is 9.55 Å². The molecule has 1 heterocycles. The van der Waals surface area contributed by atoms with Gasteiger partial charge in [-0.15, -0.1) is 0 Å². The number of hydrogen-bond donors (Lipinski definition) is 0. The molecule has 0 aliphatic rings. The third-order valence-electron chi connectivity index (χ3n) is 7.92. The van der Waals surface area contributed by atoms with Crippen LogP contribution in [0.4, 0.5) is 0 Å². The molecule has 0 atom stereocenters. The van der Waals surface area contributed by atoms with Gasteiger partial charge in [-0.25, -0.2) is 4.98 Å². The molecule has 0 bridgehead atoms. The number of rotatable bonds is 9. The van der Waals surface area contributed by atoms with Gasteiger partial charge in [0.2, 0.25) is 6.71 Å². The molecule has 6 aromatic rings. The van der Waals surface area contributed by atoms with E-state index in [-0.39, 0.29) is 0 Å². The van der Waals surface area contributed by atoms with Gasteiger partial charge >= 0.3 is 0 Å². The van der Waals surface area contributed by atoms with Crippen molar-refractivity contribution in [2.45, 2.75) is 13.0 Å². The summed E-state index contributed by atoms with van der Waals surface area (Å²) >= 11 is 10.2. The van der Waals surface area contributed by atoms with Crippen molar-refractivity contribution in [2.24, 2.45) is 0 Å². The molecule has 6 heteroatoms. The first kappa shape index (κ1) is 30.2. The first-order valence-corrected chi connectivity index (χ1v) is 17.5. The highest BCUT2D eigenvalue weighted by atomic mass is 32.1. The van der Waals surface area contributed by atoms with Crippen LogP contribution in [0.25, 0.3) is 0 Å². The Morgan fingerprint density at radius 2 is 1.02 bits per heavy atom. The molecular weight excluding hydrogens is 575 g/mol. The third kappa shape index (κ3) is 7.23. The van der Waals surface area contributed by atoms with E-state index in [1.165, 1.54) is 26.5 Å². The largest absolute Gasteiger partial charge is 0.339 e. The maximum atomic E-state index is 5.12. The second kappa shape index (κ2) is 14.8.